The van der Waals surface area contributed by atoms with Gasteiger partial charge in [0.1, 0.15) is 0 Å². The minimum atomic E-state index is -0.350. The van der Waals surface area contributed by atoms with Crippen LogP contribution in [0.1, 0.15) is 25.6 Å². The Morgan fingerprint density at radius 3 is 2.62 bits per heavy atom. The van der Waals surface area contributed by atoms with Gasteiger partial charge in [0.25, 0.3) is 0 Å². The number of aryl methyl sites for hydroxylation is 1. The summed E-state index contributed by atoms with van der Waals surface area (Å²) in [6, 6.07) is 0. The molecule has 0 spiro atoms. The maximum atomic E-state index is 10.9. The average molecular weight is 226 g/mol. The first-order valence-electron chi connectivity index (χ1n) is 5.27. The van der Waals surface area contributed by atoms with E-state index in [0.29, 0.717) is 24.2 Å². The second kappa shape index (κ2) is 5.60. The fraction of sp³-hybridized carbons (Fsp3) is 0.700. The number of hydrogen-bond donors (Lipinski definition) is 1. The number of rotatable bonds is 6. The molecule has 0 aromatic carbocycles. The monoisotopic (exact) mass is 226 g/mol. The van der Waals surface area contributed by atoms with E-state index in [0.717, 1.165) is 6.54 Å². The molecular formula is C10H18N4O2. The Bertz CT molecular complexity index is 348. The predicted octanol–water partition coefficient (Wildman–Crippen LogP) is 0.321. The SMILES string of the molecule is Cc1nnc(CN(CC(N)=O)CC(C)C)o1. The van der Waals surface area contributed by atoms with Crippen LogP contribution in [-0.4, -0.2) is 34.1 Å². The Morgan fingerprint density at radius 2 is 2.19 bits per heavy atom. The lowest BCUT2D eigenvalue weighted by molar-refractivity contribution is -0.119. The number of carbonyl (C=O) groups is 1. The highest BCUT2D eigenvalue weighted by atomic mass is 16.4. The van der Waals surface area contributed by atoms with Gasteiger partial charge in [-0.1, -0.05) is 13.8 Å². The fourth-order valence-corrected chi connectivity index (χ4v) is 1.51. The van der Waals surface area contributed by atoms with E-state index in [2.05, 4.69) is 24.0 Å². The summed E-state index contributed by atoms with van der Waals surface area (Å²) in [7, 11) is 0. The number of nitrogens with zero attached hydrogens (tertiary/aromatic N) is 3. The molecule has 0 bridgehead atoms. The van der Waals surface area contributed by atoms with E-state index in [4.69, 9.17) is 10.2 Å². The van der Waals surface area contributed by atoms with Gasteiger partial charge in [-0.2, -0.15) is 0 Å². The van der Waals surface area contributed by atoms with E-state index in [-0.39, 0.29) is 12.5 Å². The number of aromatic nitrogens is 2. The lowest BCUT2D eigenvalue weighted by Gasteiger charge is -2.20. The molecule has 0 aliphatic heterocycles. The lowest BCUT2D eigenvalue weighted by Crippen LogP contribution is -2.35. The van der Waals surface area contributed by atoms with Crippen molar-refractivity contribution in [3.05, 3.63) is 11.8 Å². The number of amides is 1. The van der Waals surface area contributed by atoms with Crippen LogP contribution in [0.15, 0.2) is 4.42 Å². The number of primary amides is 1. The van der Waals surface area contributed by atoms with Crippen LogP contribution in [0.5, 0.6) is 0 Å². The molecule has 0 aliphatic rings. The Balaban J connectivity index is 2.58. The van der Waals surface area contributed by atoms with Crippen molar-refractivity contribution >= 4 is 5.91 Å². The molecule has 90 valence electrons. The zero-order valence-electron chi connectivity index (χ0n) is 9.93. The summed E-state index contributed by atoms with van der Waals surface area (Å²) in [5.41, 5.74) is 5.18. The van der Waals surface area contributed by atoms with E-state index in [1.54, 1.807) is 6.92 Å². The van der Waals surface area contributed by atoms with Gasteiger partial charge in [-0.05, 0) is 5.92 Å². The maximum absolute atomic E-state index is 10.9. The highest BCUT2D eigenvalue weighted by molar-refractivity contribution is 5.75. The second-order valence-corrected chi connectivity index (χ2v) is 4.24. The number of nitrogens with two attached hydrogens (primary N) is 1. The van der Waals surface area contributed by atoms with E-state index in [9.17, 15) is 4.79 Å². The topological polar surface area (TPSA) is 85.3 Å². The van der Waals surface area contributed by atoms with Gasteiger partial charge in [0.2, 0.25) is 17.7 Å². The first-order valence-corrected chi connectivity index (χ1v) is 5.27. The summed E-state index contributed by atoms with van der Waals surface area (Å²) < 4.78 is 5.26. The molecule has 6 nitrogen and oxygen atoms in total. The molecule has 2 N–H and O–H groups in total. The second-order valence-electron chi connectivity index (χ2n) is 4.24. The third kappa shape index (κ3) is 4.39. The Morgan fingerprint density at radius 1 is 1.50 bits per heavy atom. The van der Waals surface area contributed by atoms with Gasteiger partial charge in [-0.15, -0.1) is 10.2 Å². The minimum Gasteiger partial charge on any atom is -0.424 e. The highest BCUT2D eigenvalue weighted by Gasteiger charge is 2.14. The maximum Gasteiger partial charge on any atom is 0.231 e. The van der Waals surface area contributed by atoms with Crippen molar-refractivity contribution in [2.24, 2.45) is 11.7 Å². The third-order valence-electron chi connectivity index (χ3n) is 1.93. The zero-order valence-corrected chi connectivity index (χ0v) is 9.93. The summed E-state index contributed by atoms with van der Waals surface area (Å²) >= 11 is 0. The molecule has 1 amide bonds. The number of hydrogen-bond acceptors (Lipinski definition) is 5. The van der Waals surface area contributed by atoms with E-state index < -0.39 is 0 Å². The van der Waals surface area contributed by atoms with Crippen LogP contribution < -0.4 is 5.73 Å². The van der Waals surface area contributed by atoms with Crippen molar-refractivity contribution in [1.82, 2.24) is 15.1 Å². The fourth-order valence-electron chi connectivity index (χ4n) is 1.51. The van der Waals surface area contributed by atoms with Crippen LogP contribution in [0.3, 0.4) is 0 Å². The van der Waals surface area contributed by atoms with Crippen molar-refractivity contribution in [2.75, 3.05) is 13.1 Å². The zero-order chi connectivity index (χ0) is 12.1. The first kappa shape index (κ1) is 12.6. The molecule has 1 aromatic rings. The molecule has 0 aliphatic carbocycles. The molecule has 0 radical (unpaired) electrons. The summed E-state index contributed by atoms with van der Waals surface area (Å²) in [6.45, 7) is 7.32. The van der Waals surface area contributed by atoms with Crippen LogP contribution in [0.4, 0.5) is 0 Å². The summed E-state index contributed by atoms with van der Waals surface area (Å²) in [4.78, 5) is 12.8. The molecule has 1 rings (SSSR count). The summed E-state index contributed by atoms with van der Waals surface area (Å²) in [5, 5.41) is 7.63. The predicted molar refractivity (Wildman–Crippen MR) is 58.3 cm³/mol. The molecule has 0 saturated heterocycles. The van der Waals surface area contributed by atoms with Crippen LogP contribution in [0.2, 0.25) is 0 Å². The van der Waals surface area contributed by atoms with Crippen LogP contribution in [0.25, 0.3) is 0 Å². The molecule has 0 unspecified atom stereocenters. The van der Waals surface area contributed by atoms with Gasteiger partial charge in [-0.25, -0.2) is 0 Å². The third-order valence-corrected chi connectivity index (χ3v) is 1.93. The van der Waals surface area contributed by atoms with Crippen molar-refractivity contribution < 1.29 is 9.21 Å². The number of carbonyl (C=O) groups excluding carboxylic acids is 1. The van der Waals surface area contributed by atoms with E-state index in [1.807, 2.05) is 4.90 Å². The molecule has 0 fully saturated rings. The van der Waals surface area contributed by atoms with Crippen molar-refractivity contribution in [3.63, 3.8) is 0 Å². The smallest absolute Gasteiger partial charge is 0.231 e. The summed E-state index contributed by atoms with van der Waals surface area (Å²) in [5.74, 6) is 1.14. The largest absolute Gasteiger partial charge is 0.424 e. The van der Waals surface area contributed by atoms with Crippen LogP contribution in [-0.2, 0) is 11.3 Å². The molecule has 1 heterocycles. The molecule has 16 heavy (non-hydrogen) atoms. The molecule has 1 aromatic heterocycles. The lowest BCUT2D eigenvalue weighted by atomic mass is 10.2. The van der Waals surface area contributed by atoms with E-state index >= 15 is 0 Å². The van der Waals surface area contributed by atoms with Gasteiger partial charge in [-0.3, -0.25) is 9.69 Å². The van der Waals surface area contributed by atoms with Crippen molar-refractivity contribution in [1.29, 1.82) is 0 Å². The van der Waals surface area contributed by atoms with Gasteiger partial charge in [0.15, 0.2) is 0 Å². The van der Waals surface area contributed by atoms with Gasteiger partial charge in [0.05, 0.1) is 13.1 Å². The van der Waals surface area contributed by atoms with Gasteiger partial charge < -0.3 is 10.2 Å². The summed E-state index contributed by atoms with van der Waals surface area (Å²) in [6.07, 6.45) is 0. The molecular weight excluding hydrogens is 208 g/mol. The Kier molecular flexibility index (Phi) is 4.42. The Labute approximate surface area is 94.8 Å². The standard InChI is InChI=1S/C10H18N4O2/c1-7(2)4-14(5-9(11)15)6-10-13-12-8(3)16-10/h7H,4-6H2,1-3H3,(H2,11,15). The molecule has 6 heteroatoms. The minimum absolute atomic E-state index is 0.208. The average Bonchev–Trinajstić information content (AvgIpc) is 2.48. The van der Waals surface area contributed by atoms with Crippen LogP contribution >= 0.6 is 0 Å². The highest BCUT2D eigenvalue weighted by Crippen LogP contribution is 2.05. The van der Waals surface area contributed by atoms with Gasteiger partial charge >= 0.3 is 0 Å². The van der Waals surface area contributed by atoms with Gasteiger partial charge in [0, 0.05) is 13.5 Å². The van der Waals surface area contributed by atoms with E-state index in [1.165, 1.54) is 0 Å². The first-order chi connectivity index (χ1) is 7.47. The normalized spacial score (nSPS) is 11.3. The Hall–Kier alpha value is -1.43. The van der Waals surface area contributed by atoms with Crippen molar-refractivity contribution in [2.45, 2.75) is 27.3 Å². The molecule has 0 atom stereocenters. The van der Waals surface area contributed by atoms with Crippen molar-refractivity contribution in [3.8, 4) is 0 Å². The van der Waals surface area contributed by atoms with Crippen LogP contribution in [0, 0.1) is 12.8 Å². The quantitative estimate of drug-likeness (QED) is 0.755. The molecule has 0 saturated carbocycles.